The third-order valence-corrected chi connectivity index (χ3v) is 4.56. The monoisotopic (exact) mass is 251 g/mol. The topological polar surface area (TPSA) is 30.5 Å². The maximum atomic E-state index is 5.66. The molecule has 3 aliphatic rings. The van der Waals surface area contributed by atoms with E-state index >= 15 is 0 Å². The maximum absolute atomic E-state index is 5.66. The number of hydrogen-bond donors (Lipinski definition) is 1. The second-order valence-electron chi connectivity index (χ2n) is 5.86. The van der Waals surface area contributed by atoms with Crippen LogP contribution in [-0.2, 0) is 9.47 Å². The second-order valence-corrected chi connectivity index (χ2v) is 5.86. The van der Waals surface area contributed by atoms with Gasteiger partial charge in [0.2, 0.25) is 0 Å². The van der Waals surface area contributed by atoms with E-state index in [4.69, 9.17) is 9.47 Å². The van der Waals surface area contributed by atoms with Crippen molar-refractivity contribution >= 4 is 0 Å². The highest BCUT2D eigenvalue weighted by Crippen LogP contribution is 2.42. The van der Waals surface area contributed by atoms with Gasteiger partial charge in [0, 0.05) is 19.3 Å². The van der Waals surface area contributed by atoms with Gasteiger partial charge in [0.25, 0.3) is 0 Å². The molecule has 0 aromatic heterocycles. The van der Waals surface area contributed by atoms with Crippen LogP contribution in [0.4, 0.5) is 0 Å². The van der Waals surface area contributed by atoms with E-state index in [2.05, 4.69) is 17.5 Å². The Hall–Kier alpha value is -0.380. The number of allylic oxidation sites excluding steroid dienone is 1. The molecule has 0 aromatic carbocycles. The van der Waals surface area contributed by atoms with Gasteiger partial charge in [-0.25, -0.2) is 0 Å². The number of rotatable bonds is 7. The zero-order valence-corrected chi connectivity index (χ0v) is 11.1. The van der Waals surface area contributed by atoms with Crippen molar-refractivity contribution in [3.63, 3.8) is 0 Å². The fourth-order valence-electron chi connectivity index (χ4n) is 3.40. The summed E-state index contributed by atoms with van der Waals surface area (Å²) in [5.41, 5.74) is 0. The molecule has 4 atom stereocenters. The molecule has 3 rings (SSSR count). The molecule has 3 nitrogen and oxygen atoms in total. The summed E-state index contributed by atoms with van der Waals surface area (Å²) in [6.45, 7) is 3.67. The predicted octanol–water partition coefficient (Wildman–Crippen LogP) is 2.13. The summed E-state index contributed by atoms with van der Waals surface area (Å²) < 4.78 is 11.2. The highest BCUT2D eigenvalue weighted by molar-refractivity contribution is 5.12. The maximum Gasteiger partial charge on any atom is 0.0809 e. The van der Waals surface area contributed by atoms with Crippen molar-refractivity contribution in [2.75, 3.05) is 26.4 Å². The first kappa shape index (κ1) is 12.6. The summed E-state index contributed by atoms with van der Waals surface area (Å²) in [7, 11) is 0. The fraction of sp³-hybridized carbons (Fsp3) is 0.867. The fourth-order valence-corrected chi connectivity index (χ4v) is 3.40. The van der Waals surface area contributed by atoms with E-state index < -0.39 is 0 Å². The Labute approximate surface area is 110 Å². The van der Waals surface area contributed by atoms with Crippen molar-refractivity contribution in [1.82, 2.24) is 5.32 Å². The Balaban J connectivity index is 1.18. The van der Waals surface area contributed by atoms with Gasteiger partial charge < -0.3 is 14.8 Å². The SMILES string of the molecule is C1=CC2C(C1)CC2NCCCOCC1CCCO1. The third-order valence-electron chi connectivity index (χ3n) is 4.56. The lowest BCUT2D eigenvalue weighted by Crippen LogP contribution is -2.48. The minimum Gasteiger partial charge on any atom is -0.379 e. The second kappa shape index (κ2) is 6.18. The zero-order chi connectivity index (χ0) is 12.2. The Morgan fingerprint density at radius 1 is 1.39 bits per heavy atom. The number of ether oxygens (including phenoxy) is 2. The Morgan fingerprint density at radius 3 is 3.22 bits per heavy atom. The van der Waals surface area contributed by atoms with E-state index in [1.807, 2.05) is 0 Å². The Kier molecular flexibility index (Phi) is 4.34. The first-order valence-electron chi connectivity index (χ1n) is 7.53. The highest BCUT2D eigenvalue weighted by atomic mass is 16.5. The van der Waals surface area contributed by atoms with Gasteiger partial charge >= 0.3 is 0 Å². The van der Waals surface area contributed by atoms with E-state index in [0.29, 0.717) is 6.10 Å². The largest absolute Gasteiger partial charge is 0.379 e. The summed E-state index contributed by atoms with van der Waals surface area (Å²) in [4.78, 5) is 0. The van der Waals surface area contributed by atoms with E-state index in [9.17, 15) is 0 Å². The van der Waals surface area contributed by atoms with Crippen molar-refractivity contribution in [2.45, 2.75) is 44.2 Å². The van der Waals surface area contributed by atoms with Crippen LogP contribution < -0.4 is 5.32 Å². The number of fused-ring (bicyclic) bond motifs is 1. The van der Waals surface area contributed by atoms with Gasteiger partial charge in [0.05, 0.1) is 12.7 Å². The molecule has 2 fully saturated rings. The molecule has 1 heterocycles. The van der Waals surface area contributed by atoms with Gasteiger partial charge in [-0.2, -0.15) is 0 Å². The van der Waals surface area contributed by atoms with Gasteiger partial charge in [0.15, 0.2) is 0 Å². The lowest BCUT2D eigenvalue weighted by atomic mass is 9.71. The summed E-state index contributed by atoms with van der Waals surface area (Å²) in [6.07, 6.45) is 11.3. The minimum atomic E-state index is 0.369. The summed E-state index contributed by atoms with van der Waals surface area (Å²) >= 11 is 0. The molecule has 3 heteroatoms. The molecule has 0 bridgehead atoms. The van der Waals surface area contributed by atoms with Crippen LogP contribution >= 0.6 is 0 Å². The average molecular weight is 251 g/mol. The highest BCUT2D eigenvalue weighted by Gasteiger charge is 2.40. The van der Waals surface area contributed by atoms with Crippen molar-refractivity contribution in [3.8, 4) is 0 Å². The molecule has 2 aliphatic carbocycles. The average Bonchev–Trinajstić information content (AvgIpc) is 2.98. The summed E-state index contributed by atoms with van der Waals surface area (Å²) in [6, 6.07) is 0.743. The quantitative estimate of drug-likeness (QED) is 0.555. The van der Waals surface area contributed by atoms with Crippen LogP contribution in [0.5, 0.6) is 0 Å². The van der Waals surface area contributed by atoms with Crippen LogP contribution in [0, 0.1) is 11.8 Å². The zero-order valence-electron chi connectivity index (χ0n) is 11.1. The normalized spacial score (nSPS) is 37.8. The van der Waals surface area contributed by atoms with E-state index in [0.717, 1.165) is 50.7 Å². The molecule has 0 spiro atoms. The number of nitrogens with one attached hydrogen (secondary N) is 1. The molecule has 1 saturated carbocycles. The van der Waals surface area contributed by atoms with Gasteiger partial charge in [-0.05, 0) is 50.5 Å². The van der Waals surface area contributed by atoms with Crippen molar-refractivity contribution in [1.29, 1.82) is 0 Å². The third kappa shape index (κ3) is 2.95. The molecule has 102 valence electrons. The molecule has 1 saturated heterocycles. The van der Waals surface area contributed by atoms with Gasteiger partial charge in [-0.1, -0.05) is 12.2 Å². The summed E-state index contributed by atoms with van der Waals surface area (Å²) in [5.74, 6) is 1.79. The van der Waals surface area contributed by atoms with Gasteiger partial charge in [0.1, 0.15) is 0 Å². The van der Waals surface area contributed by atoms with Gasteiger partial charge in [-0.3, -0.25) is 0 Å². The molecule has 4 unspecified atom stereocenters. The van der Waals surface area contributed by atoms with Gasteiger partial charge in [-0.15, -0.1) is 0 Å². The van der Waals surface area contributed by atoms with Crippen molar-refractivity contribution in [3.05, 3.63) is 12.2 Å². The lowest BCUT2D eigenvalue weighted by Gasteiger charge is -2.40. The van der Waals surface area contributed by atoms with E-state index in [1.165, 1.54) is 25.7 Å². The van der Waals surface area contributed by atoms with Crippen LogP contribution in [0.2, 0.25) is 0 Å². The first-order chi connectivity index (χ1) is 8.93. The van der Waals surface area contributed by atoms with E-state index in [-0.39, 0.29) is 0 Å². The smallest absolute Gasteiger partial charge is 0.0809 e. The molecule has 1 N–H and O–H groups in total. The minimum absolute atomic E-state index is 0.369. The first-order valence-corrected chi connectivity index (χ1v) is 7.53. The van der Waals surface area contributed by atoms with Crippen LogP contribution in [0.3, 0.4) is 0 Å². The Bertz CT molecular complexity index is 286. The van der Waals surface area contributed by atoms with Crippen LogP contribution in [-0.4, -0.2) is 38.5 Å². The number of hydrogen-bond acceptors (Lipinski definition) is 3. The van der Waals surface area contributed by atoms with Crippen molar-refractivity contribution in [2.24, 2.45) is 11.8 Å². The van der Waals surface area contributed by atoms with Crippen LogP contribution in [0.1, 0.15) is 32.1 Å². The molecule has 0 radical (unpaired) electrons. The standard InChI is InChI=1S/C15H25NO2/c1-4-12-10-15(14(12)6-1)16-7-3-8-17-11-13-5-2-9-18-13/h1,6,12-16H,2-5,7-11H2. The van der Waals surface area contributed by atoms with E-state index in [1.54, 1.807) is 0 Å². The molecular weight excluding hydrogens is 226 g/mol. The molecule has 0 aromatic rings. The molecule has 18 heavy (non-hydrogen) atoms. The molecular formula is C15H25NO2. The lowest BCUT2D eigenvalue weighted by molar-refractivity contribution is 0.0160. The van der Waals surface area contributed by atoms with Crippen LogP contribution in [0.15, 0.2) is 12.2 Å². The summed E-state index contributed by atoms with van der Waals surface area (Å²) in [5, 5.41) is 3.66. The predicted molar refractivity (Wildman–Crippen MR) is 71.6 cm³/mol. The Morgan fingerprint density at radius 2 is 2.39 bits per heavy atom. The molecule has 1 aliphatic heterocycles. The van der Waals surface area contributed by atoms with Crippen LogP contribution in [0.25, 0.3) is 0 Å². The van der Waals surface area contributed by atoms with Crippen molar-refractivity contribution < 1.29 is 9.47 Å². The molecule has 0 amide bonds.